The Balaban J connectivity index is 1.25. The van der Waals surface area contributed by atoms with Gasteiger partial charge in [0, 0.05) is 37.4 Å². The minimum absolute atomic E-state index is 0.0685. The van der Waals surface area contributed by atoms with Gasteiger partial charge in [0.15, 0.2) is 5.65 Å². The summed E-state index contributed by atoms with van der Waals surface area (Å²) in [6.45, 7) is 1.53. The quantitative estimate of drug-likeness (QED) is 0.666. The summed E-state index contributed by atoms with van der Waals surface area (Å²) in [5.74, 6) is 0.782. The number of ether oxygens (including phenoxy) is 2. The number of fused-ring (bicyclic) bond motifs is 2. The van der Waals surface area contributed by atoms with E-state index in [0.29, 0.717) is 11.6 Å². The number of para-hydroxylation sites is 1. The molecule has 3 aromatic rings. The Bertz CT molecular complexity index is 1150. The summed E-state index contributed by atoms with van der Waals surface area (Å²) in [7, 11) is 0. The first-order valence-electron chi connectivity index (χ1n) is 11.7. The normalized spacial score (nSPS) is 22.6. The van der Waals surface area contributed by atoms with Crippen LogP contribution < -0.4 is 10.1 Å². The van der Waals surface area contributed by atoms with Crippen molar-refractivity contribution in [1.29, 1.82) is 0 Å². The largest absolute Gasteiger partial charge is 0.487 e. The maximum atomic E-state index is 13.2. The molecule has 4 heterocycles. The first-order valence-corrected chi connectivity index (χ1v) is 11.7. The lowest BCUT2D eigenvalue weighted by atomic mass is 9.86. The second kappa shape index (κ2) is 7.89. The van der Waals surface area contributed by atoms with Crippen LogP contribution in [0.5, 0.6) is 5.75 Å². The summed E-state index contributed by atoms with van der Waals surface area (Å²) in [5.41, 5.74) is 3.02. The molecule has 1 saturated carbocycles. The van der Waals surface area contributed by atoms with Gasteiger partial charge >= 0.3 is 0 Å². The van der Waals surface area contributed by atoms with Gasteiger partial charge in [0.25, 0.3) is 5.91 Å². The summed E-state index contributed by atoms with van der Waals surface area (Å²) in [5, 5.41) is 3.27. The predicted molar refractivity (Wildman–Crippen MR) is 120 cm³/mol. The molecule has 1 atom stereocenters. The van der Waals surface area contributed by atoms with Crippen molar-refractivity contribution in [2.45, 2.75) is 62.6 Å². The molecule has 7 nitrogen and oxygen atoms in total. The number of nitrogens with one attached hydrogen (secondary N) is 1. The summed E-state index contributed by atoms with van der Waals surface area (Å²) in [6, 6.07) is 10.2. The fourth-order valence-electron chi connectivity index (χ4n) is 5.59. The smallest absolute Gasteiger partial charge is 0.253 e. The number of carbonyl (C=O) groups excluding carboxylic acids is 1. The summed E-state index contributed by atoms with van der Waals surface area (Å²) < 4.78 is 14.0. The van der Waals surface area contributed by atoms with Gasteiger partial charge in [0.05, 0.1) is 17.9 Å². The van der Waals surface area contributed by atoms with Gasteiger partial charge in [-0.05, 0) is 50.7 Å². The maximum absolute atomic E-state index is 13.2. The van der Waals surface area contributed by atoms with Crippen LogP contribution in [0.2, 0.25) is 0 Å². The monoisotopic (exact) mass is 432 g/mol. The van der Waals surface area contributed by atoms with Crippen LogP contribution in [0.15, 0.2) is 42.9 Å². The van der Waals surface area contributed by atoms with Crippen LogP contribution in [0.25, 0.3) is 11.2 Å². The van der Waals surface area contributed by atoms with Crippen molar-refractivity contribution in [3.63, 3.8) is 0 Å². The summed E-state index contributed by atoms with van der Waals surface area (Å²) in [6.07, 6.45) is 10.7. The predicted octanol–water partition coefficient (Wildman–Crippen LogP) is 4.35. The lowest BCUT2D eigenvalue weighted by Gasteiger charge is -2.40. The van der Waals surface area contributed by atoms with E-state index in [4.69, 9.17) is 9.47 Å². The molecule has 1 aliphatic carbocycles. The van der Waals surface area contributed by atoms with E-state index in [9.17, 15) is 4.79 Å². The molecular weight excluding hydrogens is 404 g/mol. The molecule has 0 bridgehead atoms. The highest BCUT2D eigenvalue weighted by Crippen LogP contribution is 2.47. The van der Waals surface area contributed by atoms with Gasteiger partial charge in [-0.3, -0.25) is 4.79 Å². The van der Waals surface area contributed by atoms with Crippen LogP contribution in [0.3, 0.4) is 0 Å². The van der Waals surface area contributed by atoms with Crippen LogP contribution in [-0.4, -0.2) is 39.3 Å². The number of amides is 1. The minimum Gasteiger partial charge on any atom is -0.487 e. The Morgan fingerprint density at radius 1 is 1.12 bits per heavy atom. The molecule has 7 heteroatoms. The van der Waals surface area contributed by atoms with Crippen molar-refractivity contribution >= 4 is 17.1 Å². The van der Waals surface area contributed by atoms with Crippen LogP contribution in [0, 0.1) is 0 Å². The lowest BCUT2D eigenvalue weighted by molar-refractivity contribution is 0.0360. The van der Waals surface area contributed by atoms with Crippen LogP contribution in [0.1, 0.15) is 73.0 Å². The van der Waals surface area contributed by atoms with E-state index in [1.807, 2.05) is 30.6 Å². The van der Waals surface area contributed by atoms with Crippen LogP contribution in [0.4, 0.5) is 0 Å². The van der Waals surface area contributed by atoms with E-state index in [-0.39, 0.29) is 17.6 Å². The number of pyridine rings is 1. The van der Waals surface area contributed by atoms with Gasteiger partial charge in [-0.1, -0.05) is 18.2 Å². The van der Waals surface area contributed by atoms with Crippen molar-refractivity contribution in [2.75, 3.05) is 13.2 Å². The lowest BCUT2D eigenvalue weighted by Crippen LogP contribution is -2.43. The van der Waals surface area contributed by atoms with E-state index >= 15 is 0 Å². The van der Waals surface area contributed by atoms with Gasteiger partial charge in [-0.25, -0.2) is 9.97 Å². The highest BCUT2D eigenvalue weighted by Gasteiger charge is 2.43. The molecule has 1 saturated heterocycles. The molecule has 0 radical (unpaired) electrons. The van der Waals surface area contributed by atoms with Gasteiger partial charge in [0.1, 0.15) is 16.9 Å². The Morgan fingerprint density at radius 3 is 2.78 bits per heavy atom. The second-order valence-electron chi connectivity index (χ2n) is 9.32. The Morgan fingerprint density at radius 2 is 1.94 bits per heavy atom. The van der Waals surface area contributed by atoms with E-state index in [2.05, 4.69) is 25.9 Å². The van der Waals surface area contributed by atoms with Gasteiger partial charge in [-0.15, -0.1) is 0 Å². The number of aromatic nitrogens is 3. The number of benzene rings is 1. The molecule has 2 aliphatic heterocycles. The van der Waals surface area contributed by atoms with Gasteiger partial charge in [0.2, 0.25) is 0 Å². The standard InChI is InChI=1S/C25H28N4O3/c30-24(17-13-20-23(26-15-17)29(16-27-20)18-7-11-31-12-8-18)28-21-14-25(9-3-4-10-25)32-22-6-2-1-5-19(21)22/h1-2,5-6,13,15-16,18,21H,3-4,7-12,14H2,(H,28,30). The third kappa shape index (κ3) is 3.45. The first kappa shape index (κ1) is 19.7. The molecule has 6 rings (SSSR count). The topological polar surface area (TPSA) is 78.3 Å². The molecular formula is C25H28N4O3. The molecule has 1 amide bonds. The molecule has 1 spiro atoms. The number of imidazole rings is 1. The highest BCUT2D eigenvalue weighted by molar-refractivity contribution is 5.96. The van der Waals surface area contributed by atoms with Crippen molar-refractivity contribution in [3.8, 4) is 5.75 Å². The number of rotatable bonds is 3. The van der Waals surface area contributed by atoms with E-state index in [0.717, 1.165) is 67.8 Å². The van der Waals surface area contributed by atoms with Gasteiger partial charge < -0.3 is 19.4 Å². The fraction of sp³-hybridized carbons (Fsp3) is 0.480. The Labute approximate surface area is 187 Å². The maximum Gasteiger partial charge on any atom is 0.253 e. The van der Waals surface area contributed by atoms with Gasteiger partial charge in [-0.2, -0.15) is 0 Å². The zero-order valence-corrected chi connectivity index (χ0v) is 18.1. The molecule has 1 aromatic carbocycles. The Hall–Kier alpha value is -2.93. The molecule has 166 valence electrons. The molecule has 1 unspecified atom stereocenters. The zero-order valence-electron chi connectivity index (χ0n) is 18.1. The van der Waals surface area contributed by atoms with Crippen LogP contribution in [-0.2, 0) is 4.74 Å². The zero-order chi connectivity index (χ0) is 21.5. The minimum atomic E-state index is -0.156. The van der Waals surface area contributed by atoms with E-state index in [1.165, 1.54) is 12.8 Å². The number of hydrogen-bond donors (Lipinski definition) is 1. The van der Waals surface area contributed by atoms with Crippen molar-refractivity contribution in [2.24, 2.45) is 0 Å². The molecule has 1 N–H and O–H groups in total. The fourth-order valence-corrected chi connectivity index (χ4v) is 5.59. The molecule has 2 fully saturated rings. The summed E-state index contributed by atoms with van der Waals surface area (Å²) in [4.78, 5) is 22.4. The second-order valence-corrected chi connectivity index (χ2v) is 9.32. The SMILES string of the molecule is O=C(NC1CC2(CCCC2)Oc2ccccc21)c1cnc2c(c1)ncn2C1CCOCC1. The van der Waals surface area contributed by atoms with Crippen molar-refractivity contribution in [1.82, 2.24) is 19.9 Å². The Kier molecular flexibility index (Phi) is 4.86. The van der Waals surface area contributed by atoms with Crippen LogP contribution >= 0.6 is 0 Å². The number of carbonyl (C=O) groups is 1. The number of nitrogens with zero attached hydrogens (tertiary/aromatic N) is 3. The molecule has 2 aromatic heterocycles. The van der Waals surface area contributed by atoms with E-state index < -0.39 is 0 Å². The average molecular weight is 433 g/mol. The van der Waals surface area contributed by atoms with Crippen molar-refractivity contribution in [3.05, 3.63) is 54.0 Å². The average Bonchev–Trinajstić information content (AvgIpc) is 3.46. The first-order chi connectivity index (χ1) is 15.7. The van der Waals surface area contributed by atoms with E-state index in [1.54, 1.807) is 6.20 Å². The molecule has 3 aliphatic rings. The molecule has 32 heavy (non-hydrogen) atoms. The van der Waals surface area contributed by atoms with Crippen molar-refractivity contribution < 1.29 is 14.3 Å². The third-order valence-electron chi connectivity index (χ3n) is 7.28. The highest BCUT2D eigenvalue weighted by atomic mass is 16.5. The third-order valence-corrected chi connectivity index (χ3v) is 7.28. The number of hydrogen-bond acceptors (Lipinski definition) is 5. The summed E-state index contributed by atoms with van der Waals surface area (Å²) >= 11 is 0.